The molecule has 0 aliphatic heterocycles. The van der Waals surface area contributed by atoms with Crippen LogP contribution in [0.5, 0.6) is 0 Å². The lowest BCUT2D eigenvalue weighted by Crippen LogP contribution is -2.33. The molecule has 2 rings (SSSR count). The van der Waals surface area contributed by atoms with Gasteiger partial charge >= 0.3 is 0 Å². The van der Waals surface area contributed by atoms with Crippen molar-refractivity contribution in [1.82, 2.24) is 19.8 Å². The van der Waals surface area contributed by atoms with Gasteiger partial charge in [-0.2, -0.15) is 5.10 Å². The second-order valence-corrected chi connectivity index (χ2v) is 7.37. The van der Waals surface area contributed by atoms with Crippen molar-refractivity contribution in [2.24, 2.45) is 0 Å². The zero-order chi connectivity index (χ0) is 14.6. The summed E-state index contributed by atoms with van der Waals surface area (Å²) in [6.07, 6.45) is 3.10. The molecule has 0 unspecified atom stereocenters. The number of sulfonamides is 1. The lowest BCUT2D eigenvalue weighted by Gasteiger charge is -2.08. The minimum absolute atomic E-state index is 0.156. The van der Waals surface area contributed by atoms with Crippen LogP contribution in [0.2, 0.25) is 0 Å². The van der Waals surface area contributed by atoms with E-state index in [1.54, 1.807) is 0 Å². The highest BCUT2D eigenvalue weighted by Crippen LogP contribution is 2.17. The molecule has 0 saturated heterocycles. The Morgan fingerprint density at radius 3 is 2.70 bits per heavy atom. The van der Waals surface area contributed by atoms with Gasteiger partial charge in [0.05, 0.1) is 11.4 Å². The third-order valence-electron chi connectivity index (χ3n) is 3.35. The fourth-order valence-electron chi connectivity index (χ4n) is 2.11. The molecule has 1 saturated carbocycles. The van der Waals surface area contributed by atoms with Gasteiger partial charge in [0, 0.05) is 31.4 Å². The van der Waals surface area contributed by atoms with Crippen LogP contribution >= 0.6 is 0 Å². The summed E-state index contributed by atoms with van der Waals surface area (Å²) >= 11 is 0. The minimum Gasteiger partial charge on any atom is -0.313 e. The molecule has 20 heavy (non-hydrogen) atoms. The lowest BCUT2D eigenvalue weighted by atomic mass is 10.4. The fourth-order valence-corrected chi connectivity index (χ4v) is 3.10. The molecule has 114 valence electrons. The van der Waals surface area contributed by atoms with Crippen molar-refractivity contribution in [2.45, 2.75) is 45.7 Å². The van der Waals surface area contributed by atoms with Crippen molar-refractivity contribution in [1.29, 1.82) is 0 Å². The molecule has 1 aliphatic carbocycles. The number of rotatable bonds is 9. The molecule has 2 N–H and O–H groups in total. The van der Waals surface area contributed by atoms with Gasteiger partial charge in [-0.05, 0) is 39.2 Å². The Morgan fingerprint density at radius 1 is 1.35 bits per heavy atom. The van der Waals surface area contributed by atoms with Crippen molar-refractivity contribution in [3.8, 4) is 0 Å². The summed E-state index contributed by atoms with van der Waals surface area (Å²) in [4.78, 5) is 0. The first-order valence-electron chi connectivity index (χ1n) is 7.18. The van der Waals surface area contributed by atoms with Crippen LogP contribution in [-0.4, -0.2) is 43.1 Å². The van der Waals surface area contributed by atoms with Gasteiger partial charge in [0.2, 0.25) is 10.0 Å². The van der Waals surface area contributed by atoms with Gasteiger partial charge in [-0.1, -0.05) is 0 Å². The van der Waals surface area contributed by atoms with E-state index in [2.05, 4.69) is 15.1 Å². The summed E-state index contributed by atoms with van der Waals surface area (Å²) in [6.45, 7) is 5.71. The van der Waals surface area contributed by atoms with E-state index in [1.807, 2.05) is 24.6 Å². The van der Waals surface area contributed by atoms with Crippen LogP contribution in [0.3, 0.4) is 0 Å². The first-order chi connectivity index (χ1) is 9.46. The maximum atomic E-state index is 11.7. The Labute approximate surface area is 121 Å². The van der Waals surface area contributed by atoms with Gasteiger partial charge in [0.15, 0.2) is 0 Å². The normalized spacial score (nSPS) is 15.7. The van der Waals surface area contributed by atoms with Gasteiger partial charge < -0.3 is 5.32 Å². The largest absolute Gasteiger partial charge is 0.313 e. The van der Waals surface area contributed by atoms with Crippen molar-refractivity contribution < 1.29 is 8.42 Å². The first kappa shape index (κ1) is 15.5. The first-order valence-corrected chi connectivity index (χ1v) is 8.83. The van der Waals surface area contributed by atoms with Crippen LogP contribution in [0.4, 0.5) is 0 Å². The number of nitrogens with one attached hydrogen (secondary N) is 2. The summed E-state index contributed by atoms with van der Waals surface area (Å²) in [5.41, 5.74) is 2.10. The molecule has 7 heteroatoms. The topological polar surface area (TPSA) is 76.0 Å². The van der Waals surface area contributed by atoms with Crippen molar-refractivity contribution in [3.63, 3.8) is 0 Å². The van der Waals surface area contributed by atoms with E-state index in [0.29, 0.717) is 19.1 Å². The van der Waals surface area contributed by atoms with Crippen LogP contribution in [0.25, 0.3) is 0 Å². The van der Waals surface area contributed by atoms with E-state index in [0.717, 1.165) is 24.4 Å². The maximum Gasteiger partial charge on any atom is 0.212 e. The molecule has 0 amide bonds. The summed E-state index contributed by atoms with van der Waals surface area (Å²) in [5.74, 6) is 0.156. The second kappa shape index (κ2) is 6.69. The lowest BCUT2D eigenvalue weighted by molar-refractivity contribution is 0.542. The average molecular weight is 300 g/mol. The number of hydrogen-bond donors (Lipinski definition) is 2. The summed E-state index contributed by atoms with van der Waals surface area (Å²) in [7, 11) is -3.15. The molecule has 0 atom stereocenters. The Balaban J connectivity index is 1.62. The third-order valence-corrected chi connectivity index (χ3v) is 4.74. The van der Waals surface area contributed by atoms with Crippen molar-refractivity contribution >= 4 is 10.0 Å². The predicted octanol–water partition coefficient (Wildman–Crippen LogP) is 0.561. The second-order valence-electron chi connectivity index (χ2n) is 5.45. The van der Waals surface area contributed by atoms with E-state index in [9.17, 15) is 8.42 Å². The molecule has 1 heterocycles. The number of hydrogen-bond acceptors (Lipinski definition) is 4. The maximum absolute atomic E-state index is 11.7. The molecule has 0 bridgehead atoms. The monoisotopic (exact) mass is 300 g/mol. The van der Waals surface area contributed by atoms with Crippen LogP contribution in [0, 0.1) is 13.8 Å². The molecular weight excluding hydrogens is 276 g/mol. The van der Waals surface area contributed by atoms with Crippen molar-refractivity contribution in [2.75, 3.05) is 18.8 Å². The third kappa shape index (κ3) is 5.22. The van der Waals surface area contributed by atoms with Gasteiger partial charge in [-0.25, -0.2) is 13.1 Å². The van der Waals surface area contributed by atoms with Crippen LogP contribution in [0.1, 0.15) is 30.7 Å². The zero-order valence-electron chi connectivity index (χ0n) is 12.2. The molecule has 0 radical (unpaired) electrons. The number of aryl methyl sites for hydroxylation is 3. The van der Waals surface area contributed by atoms with E-state index in [4.69, 9.17) is 0 Å². The Kier molecular flexibility index (Phi) is 5.17. The van der Waals surface area contributed by atoms with E-state index in [1.165, 1.54) is 12.8 Å². The molecule has 1 aromatic rings. The van der Waals surface area contributed by atoms with Crippen molar-refractivity contribution in [3.05, 3.63) is 17.5 Å². The highest BCUT2D eigenvalue weighted by molar-refractivity contribution is 7.89. The molecule has 6 nitrogen and oxygen atoms in total. The molecule has 0 aromatic carbocycles. The van der Waals surface area contributed by atoms with E-state index >= 15 is 0 Å². The Morgan fingerprint density at radius 2 is 2.10 bits per heavy atom. The number of nitrogens with zero attached hydrogens (tertiary/aromatic N) is 2. The van der Waals surface area contributed by atoms with Gasteiger partial charge in [-0.15, -0.1) is 0 Å². The predicted molar refractivity (Wildman–Crippen MR) is 79.1 cm³/mol. The Bertz CT molecular complexity index is 535. The molecular formula is C13H24N4O2S. The SMILES string of the molecule is Cc1cc(C)n(CCCNS(=O)(=O)CCNC2CC2)n1. The standard InChI is InChI=1S/C13H24N4O2S/c1-11-10-12(2)17(16-11)8-3-6-15-20(18,19)9-7-14-13-4-5-13/h10,13-15H,3-9H2,1-2H3. The summed E-state index contributed by atoms with van der Waals surface area (Å²) in [5, 5.41) is 7.56. The highest BCUT2D eigenvalue weighted by atomic mass is 32.2. The number of aromatic nitrogens is 2. The van der Waals surface area contributed by atoms with Gasteiger partial charge in [0.25, 0.3) is 0 Å². The fraction of sp³-hybridized carbons (Fsp3) is 0.769. The molecule has 1 aliphatic rings. The minimum atomic E-state index is -3.15. The molecule has 1 fully saturated rings. The molecule has 1 aromatic heterocycles. The molecule has 0 spiro atoms. The van der Waals surface area contributed by atoms with E-state index in [-0.39, 0.29) is 5.75 Å². The van der Waals surface area contributed by atoms with Crippen LogP contribution < -0.4 is 10.0 Å². The van der Waals surface area contributed by atoms with Gasteiger partial charge in [-0.3, -0.25) is 4.68 Å². The summed E-state index contributed by atoms with van der Waals surface area (Å²) < 4.78 is 28.0. The smallest absolute Gasteiger partial charge is 0.212 e. The summed E-state index contributed by atoms with van der Waals surface area (Å²) in [6, 6.07) is 2.57. The van der Waals surface area contributed by atoms with Crippen LogP contribution in [-0.2, 0) is 16.6 Å². The highest BCUT2D eigenvalue weighted by Gasteiger charge is 2.20. The van der Waals surface area contributed by atoms with Gasteiger partial charge in [0.1, 0.15) is 0 Å². The zero-order valence-corrected chi connectivity index (χ0v) is 13.0. The average Bonchev–Trinajstić information content (AvgIpc) is 3.11. The quantitative estimate of drug-likeness (QED) is 0.654. The van der Waals surface area contributed by atoms with Crippen LogP contribution in [0.15, 0.2) is 6.07 Å². The van der Waals surface area contributed by atoms with E-state index < -0.39 is 10.0 Å². The Hall–Kier alpha value is -0.920.